The van der Waals surface area contributed by atoms with Gasteiger partial charge in [0.15, 0.2) is 0 Å². The summed E-state index contributed by atoms with van der Waals surface area (Å²) >= 11 is 0. The number of nitrogens with zero attached hydrogens (tertiary/aromatic N) is 1. The summed E-state index contributed by atoms with van der Waals surface area (Å²) in [7, 11) is 0. The first kappa shape index (κ1) is 13.3. The number of hydrogen-bond acceptors (Lipinski definition) is 3. The number of carbonyl (C=O) groups excluding carboxylic acids is 1. The van der Waals surface area contributed by atoms with Gasteiger partial charge in [-0.25, -0.2) is 4.79 Å². The maximum atomic E-state index is 12.1. The van der Waals surface area contributed by atoms with E-state index < -0.39 is 12.0 Å². The van der Waals surface area contributed by atoms with Gasteiger partial charge < -0.3 is 14.7 Å². The molecule has 0 aromatic heterocycles. The Labute approximate surface area is 107 Å². The summed E-state index contributed by atoms with van der Waals surface area (Å²) < 4.78 is 5.13. The van der Waals surface area contributed by atoms with Gasteiger partial charge in [-0.1, -0.05) is 12.8 Å². The minimum absolute atomic E-state index is 0.00347. The normalized spacial score (nSPS) is 31.2. The zero-order valence-corrected chi connectivity index (χ0v) is 10.8. The van der Waals surface area contributed by atoms with Crippen LogP contribution in [-0.4, -0.2) is 47.2 Å². The quantitative estimate of drug-likeness (QED) is 0.821. The summed E-state index contributed by atoms with van der Waals surface area (Å²) in [6, 6.07) is -0.529. The molecule has 0 spiro atoms. The van der Waals surface area contributed by atoms with Crippen LogP contribution in [0.4, 0.5) is 0 Å². The van der Waals surface area contributed by atoms with Crippen molar-refractivity contribution in [2.45, 2.75) is 51.1 Å². The van der Waals surface area contributed by atoms with Crippen molar-refractivity contribution in [3.63, 3.8) is 0 Å². The second-order valence-electron chi connectivity index (χ2n) is 5.14. The molecule has 0 unspecified atom stereocenters. The van der Waals surface area contributed by atoms with Crippen LogP contribution >= 0.6 is 0 Å². The second-order valence-corrected chi connectivity index (χ2v) is 5.14. The highest BCUT2D eigenvalue weighted by Crippen LogP contribution is 2.39. The molecule has 2 rings (SSSR count). The fourth-order valence-electron chi connectivity index (χ4n) is 3.30. The molecule has 1 heterocycles. The summed E-state index contributed by atoms with van der Waals surface area (Å²) in [6.07, 6.45) is 4.84. The summed E-state index contributed by atoms with van der Waals surface area (Å²) in [6.45, 7) is 2.31. The van der Waals surface area contributed by atoms with Crippen LogP contribution in [0.1, 0.15) is 39.0 Å². The third kappa shape index (κ3) is 2.51. The van der Waals surface area contributed by atoms with Crippen molar-refractivity contribution in [3.05, 3.63) is 0 Å². The minimum atomic E-state index is -0.880. The lowest BCUT2D eigenvalue weighted by Crippen LogP contribution is -2.47. The SMILES string of the molecule is CCOCC(=O)N1[C@@H]2CCCC[C@@H]2C[C@H]1C(=O)O. The highest BCUT2D eigenvalue weighted by atomic mass is 16.5. The molecule has 1 N–H and O–H groups in total. The average molecular weight is 255 g/mol. The second kappa shape index (κ2) is 5.69. The number of carbonyl (C=O) groups is 2. The number of rotatable bonds is 4. The van der Waals surface area contributed by atoms with Gasteiger partial charge >= 0.3 is 5.97 Å². The maximum absolute atomic E-state index is 12.1. The number of aliphatic carboxylic acids is 1. The van der Waals surface area contributed by atoms with Crippen molar-refractivity contribution in [1.82, 2.24) is 4.90 Å². The fraction of sp³-hybridized carbons (Fsp3) is 0.846. The molecule has 1 saturated carbocycles. The molecule has 5 heteroatoms. The van der Waals surface area contributed by atoms with Crippen LogP contribution in [0.3, 0.4) is 0 Å². The number of ether oxygens (including phenoxy) is 1. The number of hydrogen-bond donors (Lipinski definition) is 1. The lowest BCUT2D eigenvalue weighted by Gasteiger charge is -2.32. The Morgan fingerprint density at radius 3 is 2.72 bits per heavy atom. The van der Waals surface area contributed by atoms with E-state index in [0.717, 1.165) is 25.7 Å². The van der Waals surface area contributed by atoms with Gasteiger partial charge in [0.1, 0.15) is 12.6 Å². The highest BCUT2D eigenvalue weighted by molar-refractivity contribution is 5.85. The molecule has 1 amide bonds. The van der Waals surface area contributed by atoms with E-state index in [0.29, 0.717) is 18.9 Å². The first-order chi connectivity index (χ1) is 8.65. The van der Waals surface area contributed by atoms with Gasteiger partial charge in [0, 0.05) is 12.6 Å². The van der Waals surface area contributed by atoms with Gasteiger partial charge in [-0.05, 0) is 32.1 Å². The van der Waals surface area contributed by atoms with E-state index in [9.17, 15) is 14.7 Å². The molecule has 0 aromatic carbocycles. The zero-order chi connectivity index (χ0) is 13.1. The molecular formula is C13H21NO4. The van der Waals surface area contributed by atoms with E-state index in [1.165, 1.54) is 0 Å². The summed E-state index contributed by atoms with van der Waals surface area (Å²) in [5.41, 5.74) is 0. The predicted molar refractivity (Wildman–Crippen MR) is 65.1 cm³/mol. The third-order valence-corrected chi connectivity index (χ3v) is 4.09. The van der Waals surface area contributed by atoms with Gasteiger partial charge in [-0.3, -0.25) is 4.79 Å². The lowest BCUT2D eigenvalue weighted by molar-refractivity contribution is -0.151. The molecule has 0 radical (unpaired) electrons. The van der Waals surface area contributed by atoms with Crippen molar-refractivity contribution in [2.75, 3.05) is 13.2 Å². The molecular weight excluding hydrogens is 234 g/mol. The van der Waals surface area contributed by atoms with Gasteiger partial charge in [0.2, 0.25) is 5.91 Å². The largest absolute Gasteiger partial charge is 0.480 e. The number of carboxylic acid groups (broad SMARTS) is 1. The molecule has 2 fully saturated rings. The smallest absolute Gasteiger partial charge is 0.326 e. The molecule has 1 saturated heterocycles. The van der Waals surface area contributed by atoms with Crippen molar-refractivity contribution >= 4 is 11.9 Å². The zero-order valence-electron chi connectivity index (χ0n) is 10.8. The van der Waals surface area contributed by atoms with Gasteiger partial charge in [0.05, 0.1) is 0 Å². The lowest BCUT2D eigenvalue weighted by atomic mass is 9.85. The Kier molecular flexibility index (Phi) is 4.22. The first-order valence-electron chi connectivity index (χ1n) is 6.76. The minimum Gasteiger partial charge on any atom is -0.480 e. The number of likely N-dealkylation sites (tertiary alicyclic amines) is 1. The molecule has 5 nitrogen and oxygen atoms in total. The van der Waals surface area contributed by atoms with E-state index in [1.807, 2.05) is 6.92 Å². The molecule has 2 aliphatic rings. The Bertz CT molecular complexity index is 331. The fourth-order valence-corrected chi connectivity index (χ4v) is 3.30. The predicted octanol–water partition coefficient (Wildman–Crippen LogP) is 1.27. The van der Waals surface area contributed by atoms with Crippen LogP contribution in [0.5, 0.6) is 0 Å². The topological polar surface area (TPSA) is 66.8 Å². The number of amides is 1. The Balaban J connectivity index is 2.11. The Hall–Kier alpha value is -1.10. The van der Waals surface area contributed by atoms with Gasteiger partial charge in [0.25, 0.3) is 0 Å². The van der Waals surface area contributed by atoms with Crippen LogP contribution < -0.4 is 0 Å². The van der Waals surface area contributed by atoms with Crippen LogP contribution in [0.15, 0.2) is 0 Å². The molecule has 18 heavy (non-hydrogen) atoms. The van der Waals surface area contributed by atoms with Crippen molar-refractivity contribution in [1.29, 1.82) is 0 Å². The van der Waals surface area contributed by atoms with E-state index in [1.54, 1.807) is 4.90 Å². The van der Waals surface area contributed by atoms with Crippen LogP contribution in [0.2, 0.25) is 0 Å². The van der Waals surface area contributed by atoms with Crippen LogP contribution in [-0.2, 0) is 14.3 Å². The third-order valence-electron chi connectivity index (χ3n) is 4.09. The van der Waals surface area contributed by atoms with E-state index in [2.05, 4.69) is 0 Å². The first-order valence-corrected chi connectivity index (χ1v) is 6.76. The molecule has 0 bridgehead atoms. The van der Waals surface area contributed by atoms with Gasteiger partial charge in [-0.15, -0.1) is 0 Å². The summed E-state index contributed by atoms with van der Waals surface area (Å²) in [4.78, 5) is 25.0. The Morgan fingerprint density at radius 1 is 1.33 bits per heavy atom. The van der Waals surface area contributed by atoms with E-state index in [4.69, 9.17) is 4.74 Å². The molecule has 3 atom stereocenters. The molecule has 0 aromatic rings. The van der Waals surface area contributed by atoms with Crippen LogP contribution in [0, 0.1) is 5.92 Å². The van der Waals surface area contributed by atoms with Crippen molar-refractivity contribution in [3.8, 4) is 0 Å². The van der Waals surface area contributed by atoms with E-state index >= 15 is 0 Å². The van der Waals surface area contributed by atoms with Crippen molar-refractivity contribution < 1.29 is 19.4 Å². The number of fused-ring (bicyclic) bond motifs is 1. The average Bonchev–Trinajstić information content (AvgIpc) is 2.75. The Morgan fingerprint density at radius 2 is 2.06 bits per heavy atom. The monoisotopic (exact) mass is 255 g/mol. The summed E-state index contributed by atoms with van der Waals surface area (Å²) in [5.74, 6) is -0.682. The summed E-state index contributed by atoms with van der Waals surface area (Å²) in [5, 5.41) is 9.27. The van der Waals surface area contributed by atoms with Gasteiger partial charge in [-0.2, -0.15) is 0 Å². The highest BCUT2D eigenvalue weighted by Gasteiger charge is 2.47. The van der Waals surface area contributed by atoms with Crippen molar-refractivity contribution in [2.24, 2.45) is 5.92 Å². The molecule has 1 aliphatic heterocycles. The van der Waals surface area contributed by atoms with E-state index in [-0.39, 0.29) is 18.6 Å². The molecule has 102 valence electrons. The standard InChI is InChI=1S/C13H21NO4/c1-2-18-8-12(15)14-10-6-4-3-5-9(10)7-11(14)13(16)17/h9-11H,2-8H2,1H3,(H,16,17)/t9-,10-,11+/m1/s1. The molecule has 1 aliphatic carbocycles. The maximum Gasteiger partial charge on any atom is 0.326 e. The number of carboxylic acids is 1. The van der Waals surface area contributed by atoms with Crippen LogP contribution in [0.25, 0.3) is 0 Å².